The summed E-state index contributed by atoms with van der Waals surface area (Å²) in [6.45, 7) is 6.29. The van der Waals surface area contributed by atoms with Crippen LogP contribution in [-0.2, 0) is 11.3 Å². The minimum atomic E-state index is -0.578. The predicted octanol–water partition coefficient (Wildman–Crippen LogP) is 2.35. The van der Waals surface area contributed by atoms with Crippen molar-refractivity contribution >= 4 is 17.8 Å². The topological polar surface area (TPSA) is 131 Å². The van der Waals surface area contributed by atoms with Crippen LogP contribution in [-0.4, -0.2) is 56.7 Å². The SMILES string of the molecule is CC(C)(C)OC(=O)N1CCC[C@H](NC(=O)c2nc(-c3cccc(CO)c3)cnc2N)C1. The number of nitrogens with zero attached hydrogens (tertiary/aromatic N) is 3. The van der Waals surface area contributed by atoms with Crippen molar-refractivity contribution in [3.05, 3.63) is 41.7 Å². The molecule has 0 bridgehead atoms. The van der Waals surface area contributed by atoms with Crippen LogP contribution >= 0.6 is 0 Å². The van der Waals surface area contributed by atoms with Gasteiger partial charge < -0.3 is 25.8 Å². The molecule has 1 aliphatic heterocycles. The van der Waals surface area contributed by atoms with E-state index >= 15 is 0 Å². The van der Waals surface area contributed by atoms with Gasteiger partial charge in [-0.05, 0) is 45.2 Å². The molecule has 9 heteroatoms. The van der Waals surface area contributed by atoms with Crippen LogP contribution in [0.5, 0.6) is 0 Å². The lowest BCUT2D eigenvalue weighted by molar-refractivity contribution is 0.0185. The Balaban J connectivity index is 1.72. The maximum atomic E-state index is 12.9. The fourth-order valence-corrected chi connectivity index (χ4v) is 3.37. The summed E-state index contributed by atoms with van der Waals surface area (Å²) in [6, 6.07) is 6.95. The third-order valence-corrected chi connectivity index (χ3v) is 4.83. The van der Waals surface area contributed by atoms with E-state index in [0.717, 1.165) is 24.0 Å². The van der Waals surface area contributed by atoms with E-state index in [9.17, 15) is 14.7 Å². The summed E-state index contributed by atoms with van der Waals surface area (Å²) in [5.74, 6) is -0.416. The van der Waals surface area contributed by atoms with Gasteiger partial charge in [-0.3, -0.25) is 4.79 Å². The fourth-order valence-electron chi connectivity index (χ4n) is 3.37. The van der Waals surface area contributed by atoms with Gasteiger partial charge in [0.1, 0.15) is 5.60 Å². The molecule has 0 unspecified atom stereocenters. The normalized spacial score (nSPS) is 16.6. The van der Waals surface area contributed by atoms with Crippen LogP contribution in [0.25, 0.3) is 11.3 Å². The third-order valence-electron chi connectivity index (χ3n) is 4.83. The number of likely N-dealkylation sites (tertiary alicyclic amines) is 1. The fraction of sp³-hybridized carbons (Fsp3) is 0.455. The Hall–Kier alpha value is -3.20. The first kappa shape index (κ1) is 22.5. The van der Waals surface area contributed by atoms with Crippen molar-refractivity contribution in [2.75, 3.05) is 18.8 Å². The third kappa shape index (κ3) is 5.91. The number of rotatable bonds is 4. The lowest BCUT2D eigenvalue weighted by Gasteiger charge is -2.34. The molecule has 9 nitrogen and oxygen atoms in total. The lowest BCUT2D eigenvalue weighted by Crippen LogP contribution is -2.50. The summed E-state index contributed by atoms with van der Waals surface area (Å²) in [6.07, 6.45) is 2.58. The van der Waals surface area contributed by atoms with Crippen molar-refractivity contribution < 1.29 is 19.4 Å². The number of amides is 2. The second-order valence-corrected chi connectivity index (χ2v) is 8.59. The highest BCUT2D eigenvalue weighted by Crippen LogP contribution is 2.21. The zero-order valence-corrected chi connectivity index (χ0v) is 18.1. The van der Waals surface area contributed by atoms with Crippen LogP contribution in [0.4, 0.5) is 10.6 Å². The minimum Gasteiger partial charge on any atom is -0.444 e. The zero-order valence-electron chi connectivity index (χ0n) is 18.1. The highest BCUT2D eigenvalue weighted by atomic mass is 16.6. The maximum Gasteiger partial charge on any atom is 0.410 e. The van der Waals surface area contributed by atoms with Gasteiger partial charge in [-0.2, -0.15) is 0 Å². The van der Waals surface area contributed by atoms with E-state index in [1.807, 2.05) is 26.8 Å². The van der Waals surface area contributed by atoms with Crippen molar-refractivity contribution in [1.29, 1.82) is 0 Å². The lowest BCUT2D eigenvalue weighted by atomic mass is 10.1. The molecule has 1 saturated heterocycles. The van der Waals surface area contributed by atoms with E-state index in [1.54, 1.807) is 23.1 Å². The summed E-state index contributed by atoms with van der Waals surface area (Å²) in [5, 5.41) is 12.3. The van der Waals surface area contributed by atoms with Crippen LogP contribution in [0.3, 0.4) is 0 Å². The van der Waals surface area contributed by atoms with Crippen molar-refractivity contribution in [2.24, 2.45) is 0 Å². The number of ether oxygens (including phenoxy) is 1. The number of nitrogens with two attached hydrogens (primary N) is 1. The molecule has 0 radical (unpaired) electrons. The number of nitrogens with one attached hydrogen (secondary N) is 1. The van der Waals surface area contributed by atoms with Crippen molar-refractivity contribution in [2.45, 2.75) is 51.9 Å². The van der Waals surface area contributed by atoms with Gasteiger partial charge in [0, 0.05) is 24.7 Å². The predicted molar refractivity (Wildman–Crippen MR) is 116 cm³/mol. The molecule has 2 aromatic rings. The van der Waals surface area contributed by atoms with Crippen LogP contribution in [0.2, 0.25) is 0 Å². The number of benzene rings is 1. The molecule has 2 amide bonds. The molecule has 1 atom stereocenters. The molecule has 1 aromatic heterocycles. The number of carbonyl (C=O) groups excluding carboxylic acids is 2. The van der Waals surface area contributed by atoms with Crippen LogP contribution < -0.4 is 11.1 Å². The van der Waals surface area contributed by atoms with Crippen LogP contribution in [0.1, 0.15) is 49.7 Å². The minimum absolute atomic E-state index is 0.0272. The summed E-state index contributed by atoms with van der Waals surface area (Å²) >= 11 is 0. The molecule has 1 aliphatic rings. The van der Waals surface area contributed by atoms with Crippen molar-refractivity contribution in [3.63, 3.8) is 0 Å². The number of anilines is 1. The van der Waals surface area contributed by atoms with E-state index in [2.05, 4.69) is 15.3 Å². The number of aliphatic hydroxyl groups excluding tert-OH is 1. The Morgan fingerprint density at radius 1 is 1.35 bits per heavy atom. The van der Waals surface area contributed by atoms with Gasteiger partial charge in [-0.25, -0.2) is 14.8 Å². The van der Waals surface area contributed by atoms with Gasteiger partial charge in [-0.15, -0.1) is 0 Å². The molecule has 4 N–H and O–H groups in total. The summed E-state index contributed by atoms with van der Waals surface area (Å²) in [4.78, 5) is 35.3. The Labute approximate surface area is 181 Å². The molecule has 166 valence electrons. The number of hydrogen-bond acceptors (Lipinski definition) is 7. The molecule has 1 aromatic carbocycles. The Morgan fingerprint density at radius 2 is 2.13 bits per heavy atom. The van der Waals surface area contributed by atoms with Crippen LogP contribution in [0.15, 0.2) is 30.5 Å². The molecular weight excluding hydrogens is 398 g/mol. The molecular formula is C22H29N5O4. The second-order valence-electron chi connectivity index (χ2n) is 8.59. The highest BCUT2D eigenvalue weighted by molar-refractivity contribution is 5.97. The van der Waals surface area contributed by atoms with E-state index in [-0.39, 0.29) is 24.2 Å². The first-order chi connectivity index (χ1) is 14.7. The molecule has 1 fully saturated rings. The summed E-state index contributed by atoms with van der Waals surface area (Å²) in [5.41, 5.74) is 7.30. The molecule has 0 aliphatic carbocycles. The van der Waals surface area contributed by atoms with Gasteiger partial charge >= 0.3 is 6.09 Å². The summed E-state index contributed by atoms with van der Waals surface area (Å²) < 4.78 is 5.43. The first-order valence-corrected chi connectivity index (χ1v) is 10.3. The number of aromatic nitrogens is 2. The average molecular weight is 428 g/mol. The molecule has 2 heterocycles. The summed E-state index contributed by atoms with van der Waals surface area (Å²) in [7, 11) is 0. The Morgan fingerprint density at radius 3 is 2.84 bits per heavy atom. The van der Waals surface area contributed by atoms with Crippen LogP contribution in [0, 0.1) is 0 Å². The Bertz CT molecular complexity index is 957. The first-order valence-electron chi connectivity index (χ1n) is 10.3. The van der Waals surface area contributed by atoms with Crippen molar-refractivity contribution in [1.82, 2.24) is 20.2 Å². The largest absolute Gasteiger partial charge is 0.444 e. The average Bonchev–Trinajstić information content (AvgIpc) is 2.73. The van der Waals surface area contributed by atoms with Gasteiger partial charge in [0.05, 0.1) is 18.5 Å². The highest BCUT2D eigenvalue weighted by Gasteiger charge is 2.29. The van der Waals surface area contributed by atoms with Gasteiger partial charge in [0.25, 0.3) is 5.91 Å². The quantitative estimate of drug-likeness (QED) is 0.682. The zero-order chi connectivity index (χ0) is 22.6. The van der Waals surface area contributed by atoms with Gasteiger partial charge in [0.2, 0.25) is 0 Å². The smallest absolute Gasteiger partial charge is 0.410 e. The number of piperidine rings is 1. The maximum absolute atomic E-state index is 12.9. The monoisotopic (exact) mass is 427 g/mol. The second kappa shape index (κ2) is 9.30. The molecule has 3 rings (SSSR count). The van der Waals surface area contributed by atoms with Gasteiger partial charge in [-0.1, -0.05) is 18.2 Å². The van der Waals surface area contributed by atoms with Crippen molar-refractivity contribution in [3.8, 4) is 11.3 Å². The Kier molecular flexibility index (Phi) is 6.74. The van der Waals surface area contributed by atoms with E-state index in [4.69, 9.17) is 10.5 Å². The number of carbonyl (C=O) groups is 2. The molecule has 31 heavy (non-hydrogen) atoms. The van der Waals surface area contributed by atoms with Gasteiger partial charge in [0.15, 0.2) is 11.5 Å². The molecule has 0 spiro atoms. The van der Waals surface area contributed by atoms with E-state index in [0.29, 0.717) is 18.8 Å². The number of aliphatic hydroxyl groups is 1. The standard InChI is InChI=1S/C22H29N5O4/c1-22(2,3)31-21(30)27-9-5-8-16(12-27)25-20(29)18-19(23)24-11-17(26-18)15-7-4-6-14(10-15)13-28/h4,6-7,10-11,16,28H,5,8-9,12-13H2,1-3H3,(H2,23,24)(H,25,29)/t16-/m0/s1. The number of hydrogen-bond donors (Lipinski definition) is 3. The molecule has 0 saturated carbocycles. The number of nitrogen functional groups attached to an aromatic ring is 1. The van der Waals surface area contributed by atoms with E-state index in [1.165, 1.54) is 6.20 Å². The van der Waals surface area contributed by atoms with E-state index < -0.39 is 17.6 Å².